The van der Waals surface area contributed by atoms with Gasteiger partial charge in [0.2, 0.25) is 0 Å². The molecule has 1 atom stereocenters. The second-order valence-corrected chi connectivity index (χ2v) is 8.12. The number of hydrogen-bond donors (Lipinski definition) is 0. The molecule has 0 saturated carbocycles. The van der Waals surface area contributed by atoms with Gasteiger partial charge in [-0.1, -0.05) is 67.1 Å². The van der Waals surface area contributed by atoms with E-state index in [1.54, 1.807) is 20.8 Å². The minimum absolute atomic E-state index is 0.0513. The number of nitrogens with zero attached hydrogens (tertiary/aromatic N) is 1. The van der Waals surface area contributed by atoms with Crippen LogP contribution >= 0.6 is 0 Å². The highest BCUT2D eigenvalue weighted by molar-refractivity contribution is 6.13. The van der Waals surface area contributed by atoms with Crippen molar-refractivity contribution in [2.75, 3.05) is 0 Å². The summed E-state index contributed by atoms with van der Waals surface area (Å²) in [5.74, 6) is -0.529. The van der Waals surface area contributed by atoms with Crippen LogP contribution in [-0.2, 0) is 9.53 Å². The Morgan fingerprint density at radius 2 is 1.40 bits per heavy atom. The molecule has 2 aromatic carbocycles. The molecular weight excluding hydrogens is 391 g/mol. The molecule has 0 aliphatic carbocycles. The Labute approximate surface area is 176 Å². The zero-order valence-corrected chi connectivity index (χ0v) is 17.6. The zero-order chi connectivity index (χ0) is 22.2. The van der Waals surface area contributed by atoms with Gasteiger partial charge in [0.25, 0.3) is 0 Å². The van der Waals surface area contributed by atoms with Gasteiger partial charge in [-0.3, -0.25) is 4.99 Å². The summed E-state index contributed by atoms with van der Waals surface area (Å²) in [6.07, 6.45) is -4.71. The Bertz CT molecular complexity index is 784. The lowest BCUT2D eigenvalue weighted by Crippen LogP contribution is -2.32. The number of hydrogen-bond acceptors (Lipinski definition) is 3. The van der Waals surface area contributed by atoms with E-state index in [-0.39, 0.29) is 19.3 Å². The van der Waals surface area contributed by atoms with E-state index in [9.17, 15) is 18.0 Å². The van der Waals surface area contributed by atoms with Crippen LogP contribution in [0.2, 0.25) is 0 Å². The molecule has 30 heavy (non-hydrogen) atoms. The van der Waals surface area contributed by atoms with Crippen molar-refractivity contribution in [3.63, 3.8) is 0 Å². The average Bonchev–Trinajstić information content (AvgIpc) is 2.66. The number of carbonyl (C=O) groups excluding carboxylic acids is 1. The van der Waals surface area contributed by atoms with E-state index in [0.29, 0.717) is 5.71 Å². The van der Waals surface area contributed by atoms with Crippen molar-refractivity contribution in [2.24, 2.45) is 4.99 Å². The maximum absolute atomic E-state index is 12.8. The second-order valence-electron chi connectivity index (χ2n) is 8.12. The number of ether oxygens (including phenoxy) is 1. The molecule has 0 radical (unpaired) electrons. The number of aliphatic imine (C=N–C) groups is 1. The van der Waals surface area contributed by atoms with E-state index >= 15 is 0 Å². The highest BCUT2D eigenvalue weighted by atomic mass is 19.4. The summed E-state index contributed by atoms with van der Waals surface area (Å²) in [4.78, 5) is 17.5. The van der Waals surface area contributed by atoms with Gasteiger partial charge in [-0.2, -0.15) is 13.2 Å². The van der Waals surface area contributed by atoms with E-state index in [4.69, 9.17) is 9.73 Å². The molecular formula is C24H28F3NO2. The molecule has 0 amide bonds. The SMILES string of the molecule is CC(C)(C)OC(=O)C(CCCCC(F)(F)F)N=C(c1ccccc1)c1ccccc1. The fourth-order valence-corrected chi connectivity index (χ4v) is 2.93. The Hall–Kier alpha value is -2.63. The first-order chi connectivity index (χ1) is 14.1. The summed E-state index contributed by atoms with van der Waals surface area (Å²) < 4.78 is 43.0. The third-order valence-corrected chi connectivity index (χ3v) is 4.25. The van der Waals surface area contributed by atoms with Crippen molar-refractivity contribution in [2.45, 2.75) is 64.3 Å². The molecule has 0 heterocycles. The largest absolute Gasteiger partial charge is 0.458 e. The fourth-order valence-electron chi connectivity index (χ4n) is 2.93. The van der Waals surface area contributed by atoms with Gasteiger partial charge in [0.05, 0.1) is 5.71 Å². The van der Waals surface area contributed by atoms with Crippen LogP contribution in [0.1, 0.15) is 57.6 Å². The third-order valence-electron chi connectivity index (χ3n) is 4.25. The van der Waals surface area contributed by atoms with Crippen LogP contribution in [-0.4, -0.2) is 29.5 Å². The average molecular weight is 419 g/mol. The first-order valence-corrected chi connectivity index (χ1v) is 10.0. The Balaban J connectivity index is 2.34. The van der Waals surface area contributed by atoms with Crippen molar-refractivity contribution in [1.29, 1.82) is 0 Å². The van der Waals surface area contributed by atoms with Crippen molar-refractivity contribution in [3.8, 4) is 0 Å². The molecule has 3 nitrogen and oxygen atoms in total. The van der Waals surface area contributed by atoms with Crippen LogP contribution in [0.25, 0.3) is 0 Å². The number of esters is 1. The second kappa shape index (κ2) is 10.4. The fraction of sp³-hybridized carbons (Fsp3) is 0.417. The predicted octanol–water partition coefficient (Wildman–Crippen LogP) is 6.36. The number of carbonyl (C=O) groups is 1. The molecule has 0 bridgehead atoms. The van der Waals surface area contributed by atoms with Gasteiger partial charge in [0.1, 0.15) is 11.6 Å². The standard InChI is InChI=1S/C24H28F3NO2/c1-23(2,3)30-22(29)20(16-10-11-17-24(25,26)27)28-21(18-12-6-4-7-13-18)19-14-8-5-9-15-19/h4-9,12-15,20H,10-11,16-17H2,1-3H3. The number of halogens is 3. The number of unbranched alkanes of at least 4 members (excludes halogenated alkanes) is 1. The van der Waals surface area contributed by atoms with Crippen LogP contribution in [0.4, 0.5) is 13.2 Å². The van der Waals surface area contributed by atoms with Crippen LogP contribution in [0.3, 0.4) is 0 Å². The molecule has 0 aromatic heterocycles. The lowest BCUT2D eigenvalue weighted by atomic mass is 10.0. The van der Waals surface area contributed by atoms with Crippen LogP contribution in [0.5, 0.6) is 0 Å². The van der Waals surface area contributed by atoms with Crippen LogP contribution in [0, 0.1) is 0 Å². The Morgan fingerprint density at radius 1 is 0.900 bits per heavy atom. The van der Waals surface area contributed by atoms with Gasteiger partial charge in [0.15, 0.2) is 0 Å². The molecule has 2 rings (SSSR count). The monoisotopic (exact) mass is 419 g/mol. The molecule has 6 heteroatoms. The summed E-state index contributed by atoms with van der Waals surface area (Å²) in [6, 6.07) is 17.9. The van der Waals surface area contributed by atoms with E-state index in [1.807, 2.05) is 60.7 Å². The van der Waals surface area contributed by atoms with E-state index in [0.717, 1.165) is 11.1 Å². The van der Waals surface area contributed by atoms with Gasteiger partial charge < -0.3 is 4.74 Å². The topological polar surface area (TPSA) is 38.7 Å². The normalized spacial score (nSPS) is 12.9. The van der Waals surface area contributed by atoms with Crippen LogP contribution in [0.15, 0.2) is 65.7 Å². The first-order valence-electron chi connectivity index (χ1n) is 10.0. The molecule has 0 saturated heterocycles. The smallest absolute Gasteiger partial charge is 0.389 e. The lowest BCUT2D eigenvalue weighted by Gasteiger charge is -2.23. The molecule has 0 aliphatic heterocycles. The van der Waals surface area contributed by atoms with Crippen molar-refractivity contribution >= 4 is 11.7 Å². The summed E-state index contributed by atoms with van der Waals surface area (Å²) in [7, 11) is 0. The number of alkyl halides is 3. The quantitative estimate of drug-likeness (QED) is 0.284. The molecule has 1 unspecified atom stereocenters. The maximum Gasteiger partial charge on any atom is 0.389 e. The van der Waals surface area contributed by atoms with Crippen molar-refractivity contribution in [3.05, 3.63) is 71.8 Å². The molecule has 0 spiro atoms. The third kappa shape index (κ3) is 8.39. The van der Waals surface area contributed by atoms with E-state index in [2.05, 4.69) is 0 Å². The van der Waals surface area contributed by atoms with Crippen molar-refractivity contribution in [1.82, 2.24) is 0 Å². The van der Waals surface area contributed by atoms with Gasteiger partial charge in [-0.15, -0.1) is 0 Å². The van der Waals surface area contributed by atoms with Gasteiger partial charge >= 0.3 is 12.1 Å². The summed E-state index contributed by atoms with van der Waals surface area (Å²) >= 11 is 0. The molecule has 0 fully saturated rings. The zero-order valence-electron chi connectivity index (χ0n) is 17.6. The molecule has 162 valence electrons. The predicted molar refractivity (Wildman–Crippen MR) is 113 cm³/mol. The van der Waals surface area contributed by atoms with Gasteiger partial charge in [-0.05, 0) is 33.6 Å². The minimum Gasteiger partial charge on any atom is -0.458 e. The molecule has 2 aromatic rings. The highest BCUT2D eigenvalue weighted by Gasteiger charge is 2.28. The summed E-state index contributed by atoms with van der Waals surface area (Å²) in [6.45, 7) is 5.26. The Kier molecular flexibility index (Phi) is 8.21. The Morgan fingerprint density at radius 3 is 1.83 bits per heavy atom. The maximum atomic E-state index is 12.8. The highest BCUT2D eigenvalue weighted by Crippen LogP contribution is 2.24. The number of rotatable bonds is 8. The number of benzene rings is 2. The first kappa shape index (κ1) is 23.6. The van der Waals surface area contributed by atoms with E-state index < -0.39 is 30.2 Å². The van der Waals surface area contributed by atoms with Gasteiger partial charge in [-0.25, -0.2) is 4.79 Å². The van der Waals surface area contributed by atoms with Gasteiger partial charge in [0, 0.05) is 17.5 Å². The minimum atomic E-state index is -4.20. The van der Waals surface area contributed by atoms with Crippen molar-refractivity contribution < 1.29 is 22.7 Å². The van der Waals surface area contributed by atoms with E-state index in [1.165, 1.54) is 0 Å². The summed E-state index contributed by atoms with van der Waals surface area (Å²) in [5.41, 5.74) is 1.55. The summed E-state index contributed by atoms with van der Waals surface area (Å²) in [5, 5.41) is 0. The molecule has 0 N–H and O–H groups in total. The lowest BCUT2D eigenvalue weighted by molar-refractivity contribution is -0.156. The molecule has 0 aliphatic rings. The van der Waals surface area contributed by atoms with Crippen LogP contribution < -0.4 is 0 Å².